The van der Waals surface area contributed by atoms with Gasteiger partial charge in [-0.05, 0) is 55.8 Å². The molecule has 0 aliphatic carbocycles. The van der Waals surface area contributed by atoms with Gasteiger partial charge >= 0.3 is 0 Å². The molecular weight excluding hydrogens is 433 g/mol. The highest BCUT2D eigenvalue weighted by molar-refractivity contribution is 5.94. The van der Waals surface area contributed by atoms with E-state index in [1.54, 1.807) is 12.1 Å². The molecule has 0 atom stereocenters. The van der Waals surface area contributed by atoms with Crippen LogP contribution < -0.4 is 9.80 Å². The van der Waals surface area contributed by atoms with E-state index in [9.17, 15) is 14.0 Å². The number of ketones is 1. The molecule has 1 amide bonds. The van der Waals surface area contributed by atoms with E-state index in [2.05, 4.69) is 15.9 Å². The lowest BCUT2D eigenvalue weighted by atomic mass is 10.1. The van der Waals surface area contributed by atoms with Gasteiger partial charge in [-0.1, -0.05) is 0 Å². The number of benzene rings is 2. The third-order valence-electron chi connectivity index (χ3n) is 6.64. The summed E-state index contributed by atoms with van der Waals surface area (Å²) in [5.74, 6) is -0.447. The fourth-order valence-electron chi connectivity index (χ4n) is 4.60. The van der Waals surface area contributed by atoms with Gasteiger partial charge in [0, 0.05) is 63.6 Å². The summed E-state index contributed by atoms with van der Waals surface area (Å²) in [6.45, 7) is 7.48. The van der Waals surface area contributed by atoms with Gasteiger partial charge in [-0.25, -0.2) is 4.39 Å². The summed E-state index contributed by atoms with van der Waals surface area (Å²) in [4.78, 5) is 32.7. The number of carbonyl (C=O) groups is 2. The van der Waals surface area contributed by atoms with Crippen molar-refractivity contribution in [1.29, 1.82) is 5.26 Å². The van der Waals surface area contributed by atoms with E-state index < -0.39 is 5.82 Å². The maximum Gasteiger partial charge on any atom is 0.236 e. The largest absolute Gasteiger partial charge is 0.370 e. The molecular formula is C26H30FN5O2. The SMILES string of the molecule is CC(=O)c1ccc(N2CCN(C(=O)CN3CCCN(c4ccc(C#N)cc4)CC3)CC2)c(F)c1. The second kappa shape index (κ2) is 10.7. The number of anilines is 2. The molecule has 2 aliphatic rings. The van der Waals surface area contributed by atoms with Crippen LogP contribution in [0.2, 0.25) is 0 Å². The Bertz CT molecular complexity index is 1070. The summed E-state index contributed by atoms with van der Waals surface area (Å²) in [7, 11) is 0. The Morgan fingerprint density at radius 2 is 1.62 bits per heavy atom. The average molecular weight is 464 g/mol. The summed E-state index contributed by atoms with van der Waals surface area (Å²) >= 11 is 0. The number of nitrogens with zero attached hydrogens (tertiary/aromatic N) is 5. The minimum Gasteiger partial charge on any atom is -0.370 e. The number of carbonyl (C=O) groups excluding carboxylic acids is 2. The molecule has 2 aromatic rings. The number of amides is 1. The average Bonchev–Trinajstić information content (AvgIpc) is 3.09. The molecule has 178 valence electrons. The van der Waals surface area contributed by atoms with Crippen molar-refractivity contribution in [2.24, 2.45) is 0 Å². The van der Waals surface area contributed by atoms with E-state index in [-0.39, 0.29) is 11.7 Å². The number of hydrogen-bond donors (Lipinski definition) is 0. The van der Waals surface area contributed by atoms with Crippen LogP contribution in [-0.2, 0) is 4.79 Å². The summed E-state index contributed by atoms with van der Waals surface area (Å²) < 4.78 is 14.5. The highest BCUT2D eigenvalue weighted by atomic mass is 19.1. The predicted octanol–water partition coefficient (Wildman–Crippen LogP) is 2.76. The first-order valence-corrected chi connectivity index (χ1v) is 11.8. The van der Waals surface area contributed by atoms with Gasteiger partial charge in [0.05, 0.1) is 23.9 Å². The lowest BCUT2D eigenvalue weighted by molar-refractivity contribution is -0.132. The van der Waals surface area contributed by atoms with Gasteiger partial charge in [0.2, 0.25) is 5.91 Å². The van der Waals surface area contributed by atoms with E-state index in [1.807, 2.05) is 34.1 Å². The molecule has 0 aromatic heterocycles. The second-order valence-corrected chi connectivity index (χ2v) is 8.87. The standard InChI is InChI=1S/C26H30FN5O2/c1-20(33)22-5-8-25(24(27)17-22)31-13-15-32(16-14-31)26(34)19-29-9-2-10-30(12-11-29)23-6-3-21(18-28)4-7-23/h3-8,17H,2,9-16,19H2,1H3. The molecule has 0 radical (unpaired) electrons. The first kappa shape index (κ1) is 23.7. The first-order valence-electron chi connectivity index (χ1n) is 11.8. The molecule has 0 unspecified atom stereocenters. The van der Waals surface area contributed by atoms with Crippen LogP contribution in [0.5, 0.6) is 0 Å². The van der Waals surface area contributed by atoms with Gasteiger partial charge < -0.3 is 14.7 Å². The lowest BCUT2D eigenvalue weighted by Crippen LogP contribution is -2.51. The highest BCUT2D eigenvalue weighted by Gasteiger charge is 2.25. The van der Waals surface area contributed by atoms with E-state index >= 15 is 0 Å². The highest BCUT2D eigenvalue weighted by Crippen LogP contribution is 2.23. The topological polar surface area (TPSA) is 70.9 Å². The number of Topliss-reactive ketones (excluding diaryl/α,β-unsaturated/α-hetero) is 1. The quantitative estimate of drug-likeness (QED) is 0.635. The molecule has 8 heteroatoms. The Hall–Kier alpha value is -3.44. The van der Waals surface area contributed by atoms with Crippen LogP contribution >= 0.6 is 0 Å². The Morgan fingerprint density at radius 3 is 2.26 bits per heavy atom. The van der Waals surface area contributed by atoms with E-state index in [0.717, 1.165) is 38.3 Å². The van der Waals surface area contributed by atoms with Gasteiger partial charge in [0.1, 0.15) is 5.82 Å². The van der Waals surface area contributed by atoms with Crippen molar-refractivity contribution in [1.82, 2.24) is 9.80 Å². The zero-order chi connectivity index (χ0) is 24.1. The Labute approximate surface area is 200 Å². The molecule has 2 heterocycles. The molecule has 0 saturated carbocycles. The summed E-state index contributed by atoms with van der Waals surface area (Å²) in [6, 6.07) is 14.4. The van der Waals surface area contributed by atoms with Crippen LogP contribution in [0.25, 0.3) is 0 Å². The second-order valence-electron chi connectivity index (χ2n) is 8.87. The number of halogens is 1. The van der Waals surface area contributed by atoms with Gasteiger partial charge in [-0.3, -0.25) is 14.5 Å². The Morgan fingerprint density at radius 1 is 0.912 bits per heavy atom. The number of piperazine rings is 1. The lowest BCUT2D eigenvalue weighted by Gasteiger charge is -2.37. The molecule has 4 rings (SSSR count). The van der Waals surface area contributed by atoms with Crippen LogP contribution in [0, 0.1) is 17.1 Å². The van der Waals surface area contributed by atoms with Crippen LogP contribution in [0.15, 0.2) is 42.5 Å². The number of rotatable bonds is 5. The molecule has 0 bridgehead atoms. The van der Waals surface area contributed by atoms with Crippen LogP contribution in [-0.4, -0.2) is 80.4 Å². The van der Waals surface area contributed by atoms with Crippen molar-refractivity contribution in [3.8, 4) is 6.07 Å². The molecule has 2 aliphatic heterocycles. The Balaban J connectivity index is 1.27. The third kappa shape index (κ3) is 5.54. The van der Waals surface area contributed by atoms with Crippen molar-refractivity contribution < 1.29 is 14.0 Å². The number of hydrogen-bond acceptors (Lipinski definition) is 6. The molecule has 0 N–H and O–H groups in total. The molecule has 2 saturated heterocycles. The molecule has 0 spiro atoms. The molecule has 2 aromatic carbocycles. The molecule has 7 nitrogen and oxygen atoms in total. The maximum absolute atomic E-state index is 14.5. The van der Waals surface area contributed by atoms with Crippen molar-refractivity contribution in [2.45, 2.75) is 13.3 Å². The van der Waals surface area contributed by atoms with Gasteiger partial charge in [-0.15, -0.1) is 0 Å². The van der Waals surface area contributed by atoms with Crippen molar-refractivity contribution in [3.05, 3.63) is 59.4 Å². The van der Waals surface area contributed by atoms with Crippen LogP contribution in [0.1, 0.15) is 29.3 Å². The summed E-state index contributed by atoms with van der Waals surface area (Å²) in [5.41, 5.74) is 2.60. The fourth-order valence-corrected chi connectivity index (χ4v) is 4.60. The third-order valence-corrected chi connectivity index (χ3v) is 6.64. The van der Waals surface area contributed by atoms with Crippen LogP contribution in [0.3, 0.4) is 0 Å². The van der Waals surface area contributed by atoms with Gasteiger partial charge in [-0.2, -0.15) is 5.26 Å². The van der Waals surface area contributed by atoms with Gasteiger partial charge in [0.25, 0.3) is 0 Å². The monoisotopic (exact) mass is 463 g/mol. The van der Waals surface area contributed by atoms with E-state index in [0.29, 0.717) is 49.5 Å². The zero-order valence-corrected chi connectivity index (χ0v) is 19.5. The Kier molecular flexibility index (Phi) is 7.43. The normalized spacial score (nSPS) is 17.3. The maximum atomic E-state index is 14.5. The van der Waals surface area contributed by atoms with Crippen molar-refractivity contribution >= 4 is 23.1 Å². The predicted molar refractivity (Wildman–Crippen MR) is 130 cm³/mol. The zero-order valence-electron chi connectivity index (χ0n) is 19.5. The van der Waals surface area contributed by atoms with Crippen molar-refractivity contribution in [3.63, 3.8) is 0 Å². The van der Waals surface area contributed by atoms with Crippen molar-refractivity contribution in [2.75, 3.05) is 68.7 Å². The molecule has 2 fully saturated rings. The minimum atomic E-state index is -0.399. The number of nitriles is 1. The summed E-state index contributed by atoms with van der Waals surface area (Å²) in [6.07, 6.45) is 0.969. The first-order chi connectivity index (χ1) is 16.4. The fraction of sp³-hybridized carbons (Fsp3) is 0.423. The van der Waals surface area contributed by atoms with Gasteiger partial charge in [0.15, 0.2) is 5.78 Å². The van der Waals surface area contributed by atoms with Crippen LogP contribution in [0.4, 0.5) is 15.8 Å². The molecule has 34 heavy (non-hydrogen) atoms. The smallest absolute Gasteiger partial charge is 0.236 e. The summed E-state index contributed by atoms with van der Waals surface area (Å²) in [5, 5.41) is 8.99. The minimum absolute atomic E-state index is 0.110. The van der Waals surface area contributed by atoms with E-state index in [1.165, 1.54) is 13.0 Å². The van der Waals surface area contributed by atoms with E-state index in [4.69, 9.17) is 5.26 Å².